The van der Waals surface area contributed by atoms with Gasteiger partial charge in [-0.2, -0.15) is 0 Å². The first kappa shape index (κ1) is 6.31. The maximum atomic E-state index is 9.91. The van der Waals surface area contributed by atoms with Crippen LogP contribution in [0, 0.1) is 0 Å². The van der Waals surface area contributed by atoms with Crippen LogP contribution in [-0.4, -0.2) is 0 Å². The SMILES string of the molecule is [F][Re]([F])([F])([F])[F]. The zero-order valence-corrected chi connectivity index (χ0v) is 4.98. The van der Waals surface area contributed by atoms with Crippen LogP contribution in [-0.2, 0) is 16.9 Å². The van der Waals surface area contributed by atoms with Gasteiger partial charge < -0.3 is 0 Å². The molecule has 0 unspecified atom stereocenters. The molecule has 6 heteroatoms. The quantitative estimate of drug-likeness (QED) is 0.597. The third-order valence-electron chi connectivity index (χ3n) is 0. The molecule has 0 N–H and O–H groups in total. The second-order valence-corrected chi connectivity index (χ2v) is 4.42. The molecule has 0 heterocycles. The van der Waals surface area contributed by atoms with E-state index in [0.717, 1.165) is 0 Å². The molecule has 0 aliphatic rings. The molecular weight excluding hydrogens is 281 g/mol. The maximum absolute atomic E-state index is 9.91. The Kier molecular flexibility index (Phi) is 0.977. The summed E-state index contributed by atoms with van der Waals surface area (Å²) in [6.07, 6.45) is 0. The molecule has 0 aliphatic heterocycles. The first-order chi connectivity index (χ1) is 2.24. The number of hydrogen-bond acceptors (Lipinski definition) is 0. The van der Waals surface area contributed by atoms with Crippen LogP contribution in [0.15, 0.2) is 0 Å². The Morgan fingerprint density at radius 1 is 0.667 bits per heavy atom. The van der Waals surface area contributed by atoms with Crippen molar-refractivity contribution in [1.29, 1.82) is 0 Å². The van der Waals surface area contributed by atoms with Crippen LogP contribution in [0.4, 0.5) is 16.1 Å². The number of halogens is 5. The van der Waals surface area contributed by atoms with Crippen LogP contribution in [0.2, 0.25) is 0 Å². The number of rotatable bonds is 0. The van der Waals surface area contributed by atoms with E-state index in [1.807, 2.05) is 0 Å². The fourth-order valence-corrected chi connectivity index (χ4v) is 0. The van der Waals surface area contributed by atoms with Crippen LogP contribution < -0.4 is 0 Å². The standard InChI is InChI=1S/5FH.Re/h5*1H;/q;;;;;+5/p-5. The Hall–Kier alpha value is 0.312. The van der Waals surface area contributed by atoms with Crippen molar-refractivity contribution in [3.8, 4) is 0 Å². The molecule has 0 nitrogen and oxygen atoms in total. The molecule has 0 saturated carbocycles. The Morgan fingerprint density at radius 2 is 0.667 bits per heavy atom. The summed E-state index contributed by atoms with van der Waals surface area (Å²) in [6, 6.07) is 0. The molecule has 0 aromatic rings. The molecule has 0 saturated heterocycles. The molecule has 0 fully saturated rings. The van der Waals surface area contributed by atoms with E-state index in [1.54, 1.807) is 0 Å². The van der Waals surface area contributed by atoms with Gasteiger partial charge in [0.25, 0.3) is 0 Å². The molecule has 0 aromatic heterocycles. The van der Waals surface area contributed by atoms with Gasteiger partial charge in [-0.1, -0.05) is 0 Å². The summed E-state index contributed by atoms with van der Waals surface area (Å²) in [7, 11) is 0. The topological polar surface area (TPSA) is 0 Å². The van der Waals surface area contributed by atoms with Crippen LogP contribution >= 0.6 is 0 Å². The molecule has 6 heavy (non-hydrogen) atoms. The average molecular weight is 281 g/mol. The Labute approximate surface area is 33.8 Å². The Morgan fingerprint density at radius 3 is 0.667 bits per heavy atom. The van der Waals surface area contributed by atoms with Crippen molar-refractivity contribution in [2.24, 2.45) is 0 Å². The van der Waals surface area contributed by atoms with Gasteiger partial charge in [0.1, 0.15) is 0 Å². The summed E-state index contributed by atoms with van der Waals surface area (Å²) in [5, 5.41) is 0. The first-order valence-corrected chi connectivity index (χ1v) is 5.85. The minimum atomic E-state index is -9.20. The van der Waals surface area contributed by atoms with Crippen molar-refractivity contribution in [3.05, 3.63) is 0 Å². The van der Waals surface area contributed by atoms with Gasteiger partial charge in [-0.15, -0.1) is 0 Å². The third-order valence-corrected chi connectivity index (χ3v) is 0. The second-order valence-electron chi connectivity index (χ2n) is 0.540. The van der Waals surface area contributed by atoms with Gasteiger partial charge in [0.05, 0.1) is 0 Å². The van der Waals surface area contributed by atoms with Gasteiger partial charge in [-0.25, -0.2) is 0 Å². The zero-order valence-electron chi connectivity index (χ0n) is 2.27. The van der Waals surface area contributed by atoms with Gasteiger partial charge in [0.15, 0.2) is 0 Å². The molecule has 0 aromatic carbocycles. The van der Waals surface area contributed by atoms with Gasteiger partial charge in [0, 0.05) is 0 Å². The summed E-state index contributed by atoms with van der Waals surface area (Å²) in [5.74, 6) is 0. The second kappa shape index (κ2) is 0.929. The van der Waals surface area contributed by atoms with E-state index in [4.69, 9.17) is 0 Å². The molecule has 0 spiro atoms. The molecule has 0 rings (SSSR count). The summed E-state index contributed by atoms with van der Waals surface area (Å²) in [6.45, 7) is 0. The van der Waals surface area contributed by atoms with Crippen molar-refractivity contribution in [1.82, 2.24) is 0 Å². The van der Waals surface area contributed by atoms with E-state index in [2.05, 4.69) is 0 Å². The van der Waals surface area contributed by atoms with Gasteiger partial charge in [-0.05, 0) is 0 Å². The van der Waals surface area contributed by atoms with Crippen LogP contribution in [0.5, 0.6) is 0 Å². The summed E-state index contributed by atoms with van der Waals surface area (Å²) in [4.78, 5) is 0. The van der Waals surface area contributed by atoms with Crippen LogP contribution in [0.25, 0.3) is 0 Å². The zero-order chi connectivity index (χ0) is 5.45. The molecule has 0 aliphatic carbocycles. The molecular formula is F5Re. The fourth-order valence-electron chi connectivity index (χ4n) is 0. The van der Waals surface area contributed by atoms with Gasteiger partial charge in [0.2, 0.25) is 0 Å². The van der Waals surface area contributed by atoms with E-state index in [0.29, 0.717) is 0 Å². The Bertz CT molecular complexity index is 37.1. The molecule has 0 amide bonds. The molecule has 42 valence electrons. The first-order valence-electron chi connectivity index (χ1n) is 0.714. The molecule has 0 radical (unpaired) electrons. The summed E-state index contributed by atoms with van der Waals surface area (Å²) in [5.41, 5.74) is 0. The fraction of sp³-hybridized carbons (Fsp3) is 0. The van der Waals surface area contributed by atoms with E-state index in [1.165, 1.54) is 0 Å². The van der Waals surface area contributed by atoms with Crippen molar-refractivity contribution in [2.75, 3.05) is 0 Å². The van der Waals surface area contributed by atoms with Gasteiger partial charge >= 0.3 is 33.0 Å². The van der Waals surface area contributed by atoms with Crippen molar-refractivity contribution in [3.63, 3.8) is 0 Å². The number of hydrogen-bond donors (Lipinski definition) is 0. The molecule has 0 atom stereocenters. The monoisotopic (exact) mass is 282 g/mol. The van der Waals surface area contributed by atoms with Gasteiger partial charge in [-0.3, -0.25) is 0 Å². The Balaban J connectivity index is 3.73. The predicted octanol–water partition coefficient (Wildman–Crippen LogP) is 2.10. The van der Waals surface area contributed by atoms with E-state index >= 15 is 0 Å². The minimum absolute atomic E-state index is 9.20. The van der Waals surface area contributed by atoms with Crippen molar-refractivity contribution >= 4 is 0 Å². The summed E-state index contributed by atoms with van der Waals surface area (Å²) >= 11 is -9.20. The van der Waals surface area contributed by atoms with Crippen LogP contribution in [0.3, 0.4) is 0 Å². The van der Waals surface area contributed by atoms with Crippen molar-refractivity contribution < 1.29 is 33.0 Å². The van der Waals surface area contributed by atoms with Crippen molar-refractivity contribution in [2.45, 2.75) is 0 Å². The average Bonchev–Trinajstić information content (AvgIpc) is 0.650. The predicted molar refractivity (Wildman–Crippen MR) is 5.54 cm³/mol. The van der Waals surface area contributed by atoms with E-state index in [9.17, 15) is 16.1 Å². The third kappa shape index (κ3) is 485. The molecule has 0 bridgehead atoms. The summed E-state index contributed by atoms with van der Waals surface area (Å²) < 4.78 is 49.6. The van der Waals surface area contributed by atoms with E-state index in [-0.39, 0.29) is 0 Å². The van der Waals surface area contributed by atoms with Crippen LogP contribution in [0.1, 0.15) is 0 Å². The normalized spacial score (nSPS) is 19.2. The van der Waals surface area contributed by atoms with E-state index < -0.39 is 16.9 Å².